The van der Waals surface area contributed by atoms with Gasteiger partial charge in [0, 0.05) is 5.30 Å². The van der Waals surface area contributed by atoms with Crippen molar-refractivity contribution in [1.29, 1.82) is 0 Å². The van der Waals surface area contributed by atoms with E-state index >= 15 is 0 Å². The smallest absolute Gasteiger partial charge is 0.231 e. The van der Waals surface area contributed by atoms with Crippen LogP contribution < -0.4 is 30.7 Å². The molecule has 1 heterocycles. The number of benzene rings is 3. The van der Waals surface area contributed by atoms with Crippen LogP contribution in [0.2, 0.25) is 0 Å². The second-order valence-corrected chi connectivity index (χ2v) is 12.0. The number of hydrogen-bond acceptors (Lipinski definition) is 2. The summed E-state index contributed by atoms with van der Waals surface area (Å²) in [7, 11) is -0.0212. The highest BCUT2D eigenvalue weighted by atomic mass is 31.1. The zero-order chi connectivity index (χ0) is 18.9. The third kappa shape index (κ3) is 4.03. The van der Waals surface area contributed by atoms with Crippen LogP contribution in [-0.2, 0) is 0 Å². The molecule has 0 radical (unpaired) electrons. The molecule has 0 fully saturated rings. The molecule has 0 saturated heterocycles. The quantitative estimate of drug-likeness (QED) is 0.615. The Morgan fingerprint density at radius 1 is 0.778 bits per heavy atom. The fourth-order valence-electron chi connectivity index (χ4n) is 3.25. The van der Waals surface area contributed by atoms with E-state index in [2.05, 4.69) is 93.6 Å². The third-order valence-electron chi connectivity index (χ3n) is 4.28. The zero-order valence-electron chi connectivity index (χ0n) is 15.9. The van der Waals surface area contributed by atoms with E-state index in [1.807, 2.05) is 0 Å². The average molecular weight is 394 g/mol. The molecule has 1 atom stereocenters. The molecule has 3 aromatic rings. The third-order valence-corrected chi connectivity index (χ3v) is 8.44. The topological polar surface area (TPSA) is 18.5 Å². The molecule has 1 unspecified atom stereocenters. The predicted molar refractivity (Wildman–Crippen MR) is 119 cm³/mol. The minimum atomic E-state index is -0.721. The molecule has 138 valence electrons. The number of rotatable bonds is 4. The fraction of sp³-hybridized carbons (Fsp3) is 0.217. The van der Waals surface area contributed by atoms with Gasteiger partial charge in [-0.1, -0.05) is 96.1 Å². The lowest BCUT2D eigenvalue weighted by atomic mass is 10.3. The Labute approximate surface area is 164 Å². The summed E-state index contributed by atoms with van der Waals surface area (Å²) in [6.45, 7) is 7.20. The van der Waals surface area contributed by atoms with E-state index in [0.717, 1.165) is 11.5 Å². The Kier molecular flexibility index (Phi) is 5.22. The maximum atomic E-state index is 6.01. The maximum absolute atomic E-state index is 6.01. The van der Waals surface area contributed by atoms with Crippen molar-refractivity contribution in [3.63, 3.8) is 0 Å². The van der Waals surface area contributed by atoms with Crippen molar-refractivity contribution in [1.82, 2.24) is 0 Å². The summed E-state index contributed by atoms with van der Waals surface area (Å²) in [6.07, 6.45) is 0. The van der Waals surface area contributed by atoms with Crippen LogP contribution in [0.3, 0.4) is 0 Å². The maximum Gasteiger partial charge on any atom is 0.231 e. The van der Waals surface area contributed by atoms with Crippen LogP contribution in [0, 0.1) is 0 Å². The highest BCUT2D eigenvalue weighted by Crippen LogP contribution is 2.44. The van der Waals surface area contributed by atoms with Crippen molar-refractivity contribution in [2.45, 2.75) is 25.9 Å². The first-order chi connectivity index (χ1) is 13.0. The van der Waals surface area contributed by atoms with Crippen LogP contribution in [-0.4, -0.2) is 11.9 Å². The molecule has 0 N–H and O–H groups in total. The molecule has 27 heavy (non-hydrogen) atoms. The summed E-state index contributed by atoms with van der Waals surface area (Å²) in [4.78, 5) is 0. The summed E-state index contributed by atoms with van der Waals surface area (Å²) < 4.78 is 11.7. The van der Waals surface area contributed by atoms with Crippen LogP contribution in [0.25, 0.3) is 0 Å². The number of ether oxygens (including phenoxy) is 2. The molecule has 1 aliphatic heterocycles. The van der Waals surface area contributed by atoms with E-state index in [0.29, 0.717) is 15.4 Å². The molecular weight excluding hydrogens is 370 g/mol. The second-order valence-electron chi connectivity index (χ2n) is 7.58. The Balaban J connectivity index is 1.96. The van der Waals surface area contributed by atoms with E-state index < -0.39 is 7.92 Å². The van der Waals surface area contributed by atoms with Crippen LogP contribution in [0.1, 0.15) is 20.8 Å². The number of hydrogen-bond donors (Lipinski definition) is 0. The van der Waals surface area contributed by atoms with E-state index in [1.54, 1.807) is 0 Å². The van der Waals surface area contributed by atoms with Gasteiger partial charge < -0.3 is 9.47 Å². The molecule has 0 saturated carbocycles. The molecule has 3 aromatic carbocycles. The molecule has 0 aromatic heterocycles. The van der Waals surface area contributed by atoms with Gasteiger partial charge in [0.15, 0.2) is 11.5 Å². The monoisotopic (exact) mass is 394 g/mol. The van der Waals surface area contributed by atoms with Gasteiger partial charge in [-0.05, 0) is 35.1 Å². The molecule has 0 amide bonds. The van der Waals surface area contributed by atoms with Gasteiger partial charge in [-0.15, -0.1) is 0 Å². The highest BCUT2D eigenvalue weighted by molar-refractivity contribution is 7.81. The van der Waals surface area contributed by atoms with E-state index in [9.17, 15) is 0 Å². The van der Waals surface area contributed by atoms with E-state index in [1.165, 1.54) is 21.2 Å². The van der Waals surface area contributed by atoms with Gasteiger partial charge in [-0.25, -0.2) is 0 Å². The number of fused-ring (bicyclic) bond motifs is 1. The Bertz CT molecular complexity index is 879. The van der Waals surface area contributed by atoms with Gasteiger partial charge in [-0.2, -0.15) is 0 Å². The highest BCUT2D eigenvalue weighted by Gasteiger charge is 2.30. The molecule has 0 aliphatic carbocycles. The molecular formula is C23H24O2P2. The van der Waals surface area contributed by atoms with Crippen LogP contribution in [0.5, 0.6) is 11.5 Å². The van der Waals surface area contributed by atoms with Gasteiger partial charge >= 0.3 is 0 Å². The second kappa shape index (κ2) is 7.63. The van der Waals surface area contributed by atoms with Crippen molar-refractivity contribution < 1.29 is 9.47 Å². The molecule has 1 aliphatic rings. The van der Waals surface area contributed by atoms with Crippen molar-refractivity contribution in [2.75, 3.05) is 6.79 Å². The zero-order valence-corrected chi connectivity index (χ0v) is 17.8. The Morgan fingerprint density at radius 2 is 1.37 bits per heavy atom. The summed E-state index contributed by atoms with van der Waals surface area (Å²) in [5.74, 6) is 1.80. The van der Waals surface area contributed by atoms with Gasteiger partial charge in [0.05, 0.1) is 0 Å². The van der Waals surface area contributed by atoms with Crippen LogP contribution in [0.15, 0.2) is 72.8 Å². The molecule has 2 nitrogen and oxygen atoms in total. The minimum Gasteiger partial charge on any atom is -0.454 e. The molecule has 0 spiro atoms. The average Bonchev–Trinajstić information content (AvgIpc) is 3.13. The van der Waals surface area contributed by atoms with Crippen LogP contribution in [0.4, 0.5) is 0 Å². The van der Waals surface area contributed by atoms with Crippen molar-refractivity contribution >= 4 is 37.7 Å². The van der Waals surface area contributed by atoms with Crippen molar-refractivity contribution in [2.24, 2.45) is 0 Å². The van der Waals surface area contributed by atoms with Gasteiger partial charge in [0.1, 0.15) is 0 Å². The van der Waals surface area contributed by atoms with Crippen LogP contribution >= 0.6 is 16.5 Å². The lowest BCUT2D eigenvalue weighted by molar-refractivity contribution is 0.174. The van der Waals surface area contributed by atoms with E-state index in [-0.39, 0.29) is 5.16 Å². The van der Waals surface area contributed by atoms with Crippen molar-refractivity contribution in [3.05, 3.63) is 72.8 Å². The Hall–Kier alpha value is -1.88. The van der Waals surface area contributed by atoms with Gasteiger partial charge in [-0.3, -0.25) is 0 Å². The largest absolute Gasteiger partial charge is 0.454 e. The molecule has 4 heteroatoms. The molecule has 4 rings (SSSR count). The van der Waals surface area contributed by atoms with Gasteiger partial charge in [0.2, 0.25) is 6.79 Å². The SMILES string of the molecule is CC(C)(C)Pc1ccc2c(c1P(c1ccccc1)c1ccccc1)OCO2. The first-order valence-corrected chi connectivity index (χ1v) is 11.5. The Morgan fingerprint density at radius 3 is 1.93 bits per heavy atom. The summed E-state index contributed by atoms with van der Waals surface area (Å²) in [6, 6.07) is 25.9. The first-order valence-electron chi connectivity index (χ1n) is 9.14. The summed E-state index contributed by atoms with van der Waals surface area (Å²) in [5.41, 5.74) is 0. The predicted octanol–water partition coefficient (Wildman–Crippen LogP) is 4.28. The lowest BCUT2D eigenvalue weighted by Gasteiger charge is -2.27. The summed E-state index contributed by atoms with van der Waals surface area (Å²) >= 11 is 0. The van der Waals surface area contributed by atoms with Gasteiger partial charge in [0.25, 0.3) is 0 Å². The standard InChI is InChI=1S/C23H24O2P2/c1-23(2,3)26-20-15-14-19-21(25-16-24-19)22(20)27(17-10-6-4-7-11-17)18-12-8-5-9-13-18/h4-15,26H,16H2,1-3H3. The normalized spacial score (nSPS) is 13.6. The minimum absolute atomic E-state index is 0.219. The van der Waals surface area contributed by atoms with E-state index in [4.69, 9.17) is 9.47 Å². The summed E-state index contributed by atoms with van der Waals surface area (Å²) in [5, 5.41) is 5.58. The fourth-order valence-corrected chi connectivity index (χ4v) is 7.40. The first kappa shape index (κ1) is 18.5. The van der Waals surface area contributed by atoms with Crippen molar-refractivity contribution in [3.8, 4) is 11.5 Å². The lowest BCUT2D eigenvalue weighted by Crippen LogP contribution is -2.31. The molecule has 0 bridgehead atoms.